The Hall–Kier alpha value is 1.11. The van der Waals surface area contributed by atoms with Crippen LogP contribution in [0.1, 0.15) is 13.8 Å². The fourth-order valence-electron chi connectivity index (χ4n) is 0.768. The standard InChI is InChI=1S/C5H9O2PS3/c1-5(2)4(3-10-11-5)7-8(6)9/h4H,3H2,1-2H3/p+1/t4-/m0/s1. The van der Waals surface area contributed by atoms with Gasteiger partial charge in [-0.25, -0.2) is 0 Å². The average molecular weight is 229 g/mol. The molecule has 0 aromatic rings. The lowest BCUT2D eigenvalue weighted by atomic mass is 10.1. The summed E-state index contributed by atoms with van der Waals surface area (Å²) in [5.41, 5.74) is 0. The van der Waals surface area contributed by atoms with E-state index in [4.69, 9.17) is 4.52 Å². The molecule has 0 radical (unpaired) electrons. The summed E-state index contributed by atoms with van der Waals surface area (Å²) in [6, 6.07) is 0. The Labute approximate surface area is 80.6 Å². The Bertz CT molecular complexity index is 173. The fraction of sp³-hybridized carbons (Fsp3) is 1.00. The van der Waals surface area contributed by atoms with E-state index < -0.39 is 7.23 Å². The molecule has 1 heterocycles. The highest BCUT2D eigenvalue weighted by atomic mass is 33.1. The summed E-state index contributed by atoms with van der Waals surface area (Å²) in [7, 11) is 1.79. The van der Waals surface area contributed by atoms with Gasteiger partial charge in [0.15, 0.2) is 0 Å². The third-order valence-corrected chi connectivity index (χ3v) is 5.50. The lowest BCUT2D eigenvalue weighted by molar-refractivity contribution is 0.214. The molecule has 2 atom stereocenters. The minimum absolute atomic E-state index is 0.0678. The van der Waals surface area contributed by atoms with Crippen LogP contribution in [0.4, 0.5) is 0 Å². The Morgan fingerprint density at radius 3 is 2.73 bits per heavy atom. The first-order valence-electron chi connectivity index (χ1n) is 3.16. The largest absolute Gasteiger partial charge is 0.582 e. The molecule has 0 aromatic carbocycles. The topological polar surface area (TPSA) is 26.3 Å². The van der Waals surface area contributed by atoms with Gasteiger partial charge in [-0.2, -0.15) is 0 Å². The maximum atomic E-state index is 10.7. The zero-order chi connectivity index (χ0) is 8.48. The number of hydrogen-bond acceptors (Lipinski definition) is 4. The van der Waals surface area contributed by atoms with E-state index in [1.807, 2.05) is 0 Å². The molecule has 1 saturated heterocycles. The fourth-order valence-corrected chi connectivity index (χ4v) is 4.97. The molecular weight excluding hydrogens is 219 g/mol. The first-order chi connectivity index (χ1) is 5.02. The van der Waals surface area contributed by atoms with E-state index in [1.165, 1.54) is 0 Å². The first kappa shape index (κ1) is 10.2. The number of hydrogen-bond donors (Lipinski definition) is 1. The Morgan fingerprint density at radius 1 is 1.73 bits per heavy atom. The quantitative estimate of drug-likeness (QED) is 0.447. The monoisotopic (exact) mass is 229 g/mol. The summed E-state index contributed by atoms with van der Waals surface area (Å²) in [5, 5.41) is 0. The molecule has 0 aliphatic carbocycles. The van der Waals surface area contributed by atoms with E-state index in [1.54, 1.807) is 21.6 Å². The van der Waals surface area contributed by atoms with Crippen LogP contribution in [0.5, 0.6) is 0 Å². The molecule has 1 unspecified atom stereocenters. The highest BCUT2D eigenvalue weighted by Gasteiger charge is 2.42. The zero-order valence-corrected chi connectivity index (χ0v) is 9.73. The van der Waals surface area contributed by atoms with Crippen molar-refractivity contribution in [2.24, 2.45) is 0 Å². The van der Waals surface area contributed by atoms with Crippen molar-refractivity contribution in [3.8, 4) is 0 Å². The van der Waals surface area contributed by atoms with E-state index in [2.05, 4.69) is 26.1 Å². The Morgan fingerprint density at radius 2 is 2.36 bits per heavy atom. The third-order valence-electron chi connectivity index (χ3n) is 1.49. The van der Waals surface area contributed by atoms with Gasteiger partial charge >= 0.3 is 7.23 Å². The van der Waals surface area contributed by atoms with Crippen molar-refractivity contribution in [1.29, 1.82) is 0 Å². The van der Waals surface area contributed by atoms with Gasteiger partial charge in [-0.05, 0) is 18.4 Å². The molecule has 0 bridgehead atoms. The summed E-state index contributed by atoms with van der Waals surface area (Å²) in [6.07, 6.45) is 0.0682. The summed E-state index contributed by atoms with van der Waals surface area (Å²) in [6.45, 7) is 4.18. The predicted molar refractivity (Wildman–Crippen MR) is 55.6 cm³/mol. The SMILES string of the molecule is CC1(C)SSC[C@@H]1O[P+](=O)S. The van der Waals surface area contributed by atoms with Crippen LogP contribution < -0.4 is 0 Å². The average Bonchev–Trinajstić information content (AvgIpc) is 2.10. The van der Waals surface area contributed by atoms with Gasteiger partial charge in [0.1, 0.15) is 18.4 Å². The molecule has 1 rings (SSSR count). The van der Waals surface area contributed by atoms with Crippen molar-refractivity contribution in [2.75, 3.05) is 5.75 Å². The summed E-state index contributed by atoms with van der Waals surface area (Å²) in [4.78, 5) is 0. The smallest absolute Gasteiger partial charge is 0.131 e. The zero-order valence-electron chi connectivity index (χ0n) is 6.31. The maximum absolute atomic E-state index is 10.7. The van der Waals surface area contributed by atoms with Crippen LogP contribution in [-0.2, 0) is 9.09 Å². The second kappa shape index (κ2) is 3.88. The van der Waals surface area contributed by atoms with Gasteiger partial charge < -0.3 is 0 Å². The van der Waals surface area contributed by atoms with Gasteiger partial charge in [-0.15, -0.1) is 4.52 Å². The maximum Gasteiger partial charge on any atom is 0.582 e. The molecule has 0 spiro atoms. The van der Waals surface area contributed by atoms with Crippen LogP contribution in [-0.4, -0.2) is 16.6 Å². The molecule has 64 valence electrons. The van der Waals surface area contributed by atoms with Crippen LogP contribution in [0.15, 0.2) is 0 Å². The second-order valence-corrected chi connectivity index (χ2v) is 7.46. The minimum Gasteiger partial charge on any atom is -0.131 e. The summed E-state index contributed by atoms with van der Waals surface area (Å²) >= 11 is 3.72. The molecule has 6 heteroatoms. The van der Waals surface area contributed by atoms with Crippen molar-refractivity contribution >= 4 is 41.1 Å². The minimum atomic E-state index is -1.75. The highest BCUT2D eigenvalue weighted by Crippen LogP contribution is 2.50. The number of rotatable bonds is 2. The van der Waals surface area contributed by atoms with Gasteiger partial charge in [-0.3, -0.25) is 0 Å². The van der Waals surface area contributed by atoms with Gasteiger partial charge in [0.2, 0.25) is 0 Å². The predicted octanol–water partition coefficient (Wildman–Crippen LogP) is 3.13. The lowest BCUT2D eigenvalue weighted by Gasteiger charge is -2.18. The van der Waals surface area contributed by atoms with Gasteiger partial charge in [0.05, 0.1) is 4.75 Å². The second-order valence-electron chi connectivity index (χ2n) is 2.80. The first-order valence-corrected chi connectivity index (χ1v) is 7.81. The van der Waals surface area contributed by atoms with Gasteiger partial charge in [-0.1, -0.05) is 21.6 Å². The number of thiol groups is 1. The summed E-state index contributed by atoms with van der Waals surface area (Å²) in [5.74, 6) is 0.902. The van der Waals surface area contributed by atoms with Crippen molar-refractivity contribution in [2.45, 2.75) is 24.7 Å². The highest BCUT2D eigenvalue weighted by molar-refractivity contribution is 8.77. The van der Waals surface area contributed by atoms with Gasteiger partial charge in [0, 0.05) is 5.75 Å². The van der Waals surface area contributed by atoms with Crippen LogP contribution in [0.3, 0.4) is 0 Å². The Balaban J connectivity index is 2.51. The van der Waals surface area contributed by atoms with Crippen LogP contribution in [0, 0.1) is 0 Å². The third kappa shape index (κ3) is 2.81. The van der Waals surface area contributed by atoms with Crippen LogP contribution >= 0.6 is 41.1 Å². The van der Waals surface area contributed by atoms with Crippen molar-refractivity contribution in [3.63, 3.8) is 0 Å². The summed E-state index contributed by atoms with van der Waals surface area (Å²) < 4.78 is 15.9. The van der Waals surface area contributed by atoms with E-state index in [0.717, 1.165) is 5.75 Å². The molecule has 1 fully saturated rings. The molecule has 11 heavy (non-hydrogen) atoms. The van der Waals surface area contributed by atoms with E-state index in [0.29, 0.717) is 0 Å². The van der Waals surface area contributed by atoms with Crippen LogP contribution in [0.25, 0.3) is 0 Å². The van der Waals surface area contributed by atoms with Crippen LogP contribution in [0.2, 0.25) is 0 Å². The Kier molecular flexibility index (Phi) is 3.59. The van der Waals surface area contributed by atoms with Crippen molar-refractivity contribution in [1.82, 2.24) is 0 Å². The van der Waals surface area contributed by atoms with Crippen molar-refractivity contribution < 1.29 is 9.09 Å². The molecule has 0 N–H and O–H groups in total. The van der Waals surface area contributed by atoms with E-state index in [9.17, 15) is 4.57 Å². The molecule has 1 aliphatic heterocycles. The van der Waals surface area contributed by atoms with E-state index >= 15 is 0 Å². The molecule has 0 amide bonds. The molecule has 0 aromatic heterocycles. The van der Waals surface area contributed by atoms with Gasteiger partial charge in [0.25, 0.3) is 0 Å². The molecule has 1 aliphatic rings. The van der Waals surface area contributed by atoms with Crippen molar-refractivity contribution in [3.05, 3.63) is 0 Å². The van der Waals surface area contributed by atoms with E-state index in [-0.39, 0.29) is 10.9 Å². The normalized spacial score (nSPS) is 30.5. The molecular formula is C5H10O2PS3+. The lowest BCUT2D eigenvalue weighted by Crippen LogP contribution is -2.30. The molecule has 2 nitrogen and oxygen atoms in total. The molecule has 0 saturated carbocycles.